The van der Waals surface area contributed by atoms with E-state index in [2.05, 4.69) is 0 Å². The first-order valence-corrected chi connectivity index (χ1v) is 1.95. The van der Waals surface area contributed by atoms with Crippen LogP contribution >= 0.6 is 11.6 Å². The van der Waals surface area contributed by atoms with E-state index in [9.17, 15) is 4.79 Å². The zero-order valence-electron chi connectivity index (χ0n) is 2.78. The molecule has 0 rings (SSSR count). The van der Waals surface area contributed by atoms with Gasteiger partial charge in [-0.3, -0.25) is 0 Å². The summed E-state index contributed by atoms with van der Waals surface area (Å²) >= 11 is 5.07. The Morgan fingerprint density at radius 2 is 2.60 bits per heavy atom. The highest BCUT2D eigenvalue weighted by molar-refractivity contribution is 6.72. The smallest absolute Gasteiger partial charge is 0.217 e. The minimum Gasteiger partial charge on any atom is -0.315 e. The Morgan fingerprint density at radius 3 is 2.60 bits per heavy atom. The van der Waals surface area contributed by atoms with Crippen LogP contribution in [0.1, 0.15) is 0 Å². The van der Waals surface area contributed by atoms with Crippen LogP contribution in [0.2, 0.25) is 0 Å². The van der Waals surface area contributed by atoms with Gasteiger partial charge in [-0.15, -0.1) is 11.6 Å². The van der Waals surface area contributed by atoms with E-state index in [1.165, 1.54) is 0 Å². The lowest BCUT2D eigenvalue weighted by atomic mass is 9.86. The molecule has 0 heterocycles. The van der Waals surface area contributed by atoms with Crippen LogP contribution in [0.15, 0.2) is 0 Å². The standard InChI is InChI=1S/C2H4BClO/c4-1-3-2-5/h2-3H,1H2. The van der Waals surface area contributed by atoms with Gasteiger partial charge in [-0.05, 0) is 0 Å². The van der Waals surface area contributed by atoms with Gasteiger partial charge in [0.05, 0.1) is 6.19 Å². The third kappa shape index (κ3) is 4.02. The lowest BCUT2D eigenvalue weighted by Crippen LogP contribution is -1.89. The number of carbonyl (C=O) groups excluding carboxylic acids is 1. The van der Waals surface area contributed by atoms with E-state index >= 15 is 0 Å². The predicted octanol–water partition coefficient (Wildman–Crippen LogP) is -0.191. The Labute approximate surface area is 36.6 Å². The number of hydrogen-bond donors (Lipinski definition) is 0. The van der Waals surface area contributed by atoms with Gasteiger partial charge in [0.15, 0.2) is 0 Å². The van der Waals surface area contributed by atoms with Crippen molar-refractivity contribution in [1.29, 1.82) is 0 Å². The minimum atomic E-state index is 0.448. The second-order valence-corrected chi connectivity index (χ2v) is 1.02. The maximum Gasteiger partial charge on any atom is 0.217 e. The molecule has 0 unspecified atom stereocenters. The highest BCUT2D eigenvalue weighted by Crippen LogP contribution is 1.61. The minimum absolute atomic E-state index is 0.448. The first-order chi connectivity index (χ1) is 2.41. The van der Waals surface area contributed by atoms with Gasteiger partial charge >= 0.3 is 0 Å². The van der Waals surface area contributed by atoms with E-state index in [0.29, 0.717) is 13.1 Å². The second kappa shape index (κ2) is 4.02. The third-order valence-corrected chi connectivity index (χ3v) is 0.445. The van der Waals surface area contributed by atoms with Gasteiger partial charge in [0.25, 0.3) is 0 Å². The van der Waals surface area contributed by atoms with Crippen molar-refractivity contribution in [3.8, 4) is 0 Å². The second-order valence-electron chi connectivity index (χ2n) is 0.644. The maximum atomic E-state index is 9.32. The zero-order chi connectivity index (χ0) is 4.12. The fourth-order valence-electron chi connectivity index (χ4n) is 0.0445. The highest BCUT2D eigenvalue weighted by atomic mass is 35.5. The lowest BCUT2D eigenvalue weighted by Gasteiger charge is -1.61. The number of rotatable bonds is 2. The first-order valence-electron chi connectivity index (χ1n) is 1.41. The molecule has 0 saturated heterocycles. The molecule has 28 valence electrons. The van der Waals surface area contributed by atoms with Crippen LogP contribution in [0.25, 0.3) is 0 Å². The van der Waals surface area contributed by atoms with Crippen LogP contribution in [-0.4, -0.2) is 19.2 Å². The summed E-state index contributed by atoms with van der Waals surface area (Å²) in [5.74, 6) is 0.448. The average molecular weight is 90.3 g/mol. The summed E-state index contributed by atoms with van der Waals surface area (Å²) in [6.07, 6.45) is 0.799. The molecule has 1 nitrogen and oxygen atoms in total. The first kappa shape index (κ1) is 5.02. The number of hydrogen-bond acceptors (Lipinski definition) is 1. The fraction of sp³-hybridized carbons (Fsp3) is 0.500. The Hall–Kier alpha value is 0.0249. The molecule has 0 aromatic heterocycles. The van der Waals surface area contributed by atoms with Crippen molar-refractivity contribution in [3.63, 3.8) is 0 Å². The van der Waals surface area contributed by atoms with Crippen LogP contribution in [0.3, 0.4) is 0 Å². The number of carbonyl (C=O) groups is 1. The van der Waals surface area contributed by atoms with Gasteiger partial charge < -0.3 is 4.79 Å². The molecule has 3 heteroatoms. The Balaban J connectivity index is 2.40. The van der Waals surface area contributed by atoms with E-state index in [4.69, 9.17) is 11.6 Å². The molecule has 0 aliphatic heterocycles. The van der Waals surface area contributed by atoms with Crippen LogP contribution in [0, 0.1) is 0 Å². The topological polar surface area (TPSA) is 17.1 Å². The van der Waals surface area contributed by atoms with Crippen molar-refractivity contribution in [2.24, 2.45) is 0 Å². The monoisotopic (exact) mass is 90.0 g/mol. The SMILES string of the molecule is O=CBCCl. The molecule has 0 bridgehead atoms. The Bertz CT molecular complexity index is 30.8. The molecule has 0 aromatic carbocycles. The number of alkyl halides is 1. The van der Waals surface area contributed by atoms with Crippen molar-refractivity contribution in [1.82, 2.24) is 0 Å². The van der Waals surface area contributed by atoms with Crippen LogP contribution in [0.4, 0.5) is 0 Å². The summed E-state index contributed by atoms with van der Waals surface area (Å²) in [6, 6.07) is 0. The van der Waals surface area contributed by atoms with E-state index in [1.807, 2.05) is 0 Å². The summed E-state index contributed by atoms with van der Waals surface area (Å²) < 4.78 is 0. The zero-order valence-corrected chi connectivity index (χ0v) is 3.53. The molecule has 0 amide bonds. The quantitative estimate of drug-likeness (QED) is 0.261. The van der Waals surface area contributed by atoms with Gasteiger partial charge in [0.2, 0.25) is 7.28 Å². The van der Waals surface area contributed by atoms with Gasteiger partial charge in [0.1, 0.15) is 0 Å². The summed E-state index contributed by atoms with van der Waals surface area (Å²) in [5.41, 5.74) is 0. The van der Waals surface area contributed by atoms with Crippen molar-refractivity contribution in [3.05, 3.63) is 0 Å². The van der Waals surface area contributed by atoms with Gasteiger partial charge in [-0.25, -0.2) is 0 Å². The van der Waals surface area contributed by atoms with Crippen molar-refractivity contribution < 1.29 is 4.79 Å². The maximum absolute atomic E-state index is 9.32. The third-order valence-electron chi connectivity index (χ3n) is 0.227. The van der Waals surface area contributed by atoms with E-state index in [0.717, 1.165) is 6.19 Å². The van der Waals surface area contributed by atoms with Crippen molar-refractivity contribution >= 4 is 25.1 Å². The largest absolute Gasteiger partial charge is 0.315 e. The molecule has 0 aliphatic carbocycles. The van der Waals surface area contributed by atoms with Crippen molar-refractivity contribution in [2.75, 3.05) is 5.78 Å². The summed E-state index contributed by atoms with van der Waals surface area (Å²) in [6.45, 7) is 0. The van der Waals surface area contributed by atoms with E-state index < -0.39 is 0 Å². The highest BCUT2D eigenvalue weighted by Gasteiger charge is 1.75. The molecule has 0 atom stereocenters. The molecule has 0 saturated carbocycles. The molecule has 0 spiro atoms. The predicted molar refractivity (Wildman–Crippen MR) is 24.6 cm³/mol. The molecule has 0 radical (unpaired) electrons. The fourth-order valence-corrected chi connectivity index (χ4v) is 0.134. The molecular formula is C2H4BClO. The summed E-state index contributed by atoms with van der Waals surface area (Å²) in [7, 11) is 0.474. The van der Waals surface area contributed by atoms with Crippen LogP contribution in [0.5, 0.6) is 0 Å². The normalized spacial score (nSPS) is 6.60. The molecular weight excluding hydrogens is 86.3 g/mol. The van der Waals surface area contributed by atoms with E-state index in [-0.39, 0.29) is 0 Å². The molecule has 0 aliphatic rings. The van der Waals surface area contributed by atoms with Crippen molar-refractivity contribution in [2.45, 2.75) is 0 Å². The molecule has 5 heavy (non-hydrogen) atoms. The van der Waals surface area contributed by atoms with Gasteiger partial charge in [0, 0.05) is 5.78 Å². The Morgan fingerprint density at radius 1 is 2.00 bits per heavy atom. The average Bonchev–Trinajstić information content (AvgIpc) is 1.41. The van der Waals surface area contributed by atoms with Gasteiger partial charge in [-0.2, -0.15) is 0 Å². The van der Waals surface area contributed by atoms with Crippen LogP contribution in [-0.2, 0) is 4.79 Å². The number of halogens is 1. The summed E-state index contributed by atoms with van der Waals surface area (Å²) in [5, 5.41) is 0. The lowest BCUT2D eigenvalue weighted by molar-refractivity contribution is 0.568. The molecule has 0 N–H and O–H groups in total. The van der Waals surface area contributed by atoms with E-state index in [1.54, 1.807) is 0 Å². The molecule has 0 aromatic rings. The molecule has 0 fully saturated rings. The Kier molecular flexibility index (Phi) is 4.05. The summed E-state index contributed by atoms with van der Waals surface area (Å²) in [4.78, 5) is 9.32. The van der Waals surface area contributed by atoms with Gasteiger partial charge in [-0.1, -0.05) is 0 Å². The van der Waals surface area contributed by atoms with Crippen LogP contribution < -0.4 is 0 Å².